The number of azo groups is 1. The first-order valence-corrected chi connectivity index (χ1v) is 10.3. The van der Waals surface area contributed by atoms with E-state index in [0.29, 0.717) is 11.9 Å². The smallest absolute Gasteiger partial charge is 0.266 e. The van der Waals surface area contributed by atoms with Crippen molar-refractivity contribution in [1.82, 2.24) is 9.55 Å². The Morgan fingerprint density at radius 1 is 0.967 bits per heavy atom. The van der Waals surface area contributed by atoms with E-state index >= 15 is 0 Å². The summed E-state index contributed by atoms with van der Waals surface area (Å²) in [4.78, 5) is 15.3. The molecule has 0 aliphatic rings. The van der Waals surface area contributed by atoms with Gasteiger partial charge in [-0.15, -0.1) is 10.2 Å². The van der Waals surface area contributed by atoms with E-state index in [4.69, 9.17) is 0 Å². The Kier molecular flexibility index (Phi) is 4.59. The van der Waals surface area contributed by atoms with E-state index in [-0.39, 0.29) is 23.9 Å². The molecule has 0 saturated heterocycles. The van der Waals surface area contributed by atoms with Gasteiger partial charge in [0.05, 0.1) is 5.52 Å². The maximum absolute atomic E-state index is 12.4. The number of H-pyrrole nitrogens is 1. The first kappa shape index (κ1) is 18.6. The fourth-order valence-corrected chi connectivity index (χ4v) is 4.21. The lowest BCUT2D eigenvalue weighted by atomic mass is 10.2. The number of aromatic hydroxyl groups is 1. The fraction of sp³-hybridized carbons (Fsp3) is 0.0870. The average molecular weight is 461 g/mol. The van der Waals surface area contributed by atoms with Crippen molar-refractivity contribution in [2.24, 2.45) is 10.2 Å². The standard InChI is InChI=1S/C23H17BrN4O2/c24-14-9-10-18-17(13-14)22(23(30)25-18)27-26-21(29)11-12-28-19-7-3-1-5-15(19)16-6-2-4-8-20(16)28/h1-10,13,25,30H,11-12H2. The zero-order chi connectivity index (χ0) is 20.7. The number of amides is 1. The first-order chi connectivity index (χ1) is 14.6. The van der Waals surface area contributed by atoms with Crippen molar-refractivity contribution in [2.45, 2.75) is 13.0 Å². The van der Waals surface area contributed by atoms with Crippen LogP contribution in [0.3, 0.4) is 0 Å². The van der Waals surface area contributed by atoms with Crippen molar-refractivity contribution in [1.29, 1.82) is 0 Å². The number of fused-ring (bicyclic) bond motifs is 4. The van der Waals surface area contributed by atoms with Crippen LogP contribution in [-0.4, -0.2) is 20.6 Å². The molecule has 2 N–H and O–H groups in total. The van der Waals surface area contributed by atoms with E-state index < -0.39 is 0 Å². The number of nitrogens with one attached hydrogen (secondary N) is 1. The van der Waals surface area contributed by atoms with Gasteiger partial charge in [0.15, 0.2) is 5.69 Å². The summed E-state index contributed by atoms with van der Waals surface area (Å²) in [6.45, 7) is 0.497. The van der Waals surface area contributed by atoms with Crippen molar-refractivity contribution in [2.75, 3.05) is 0 Å². The number of aromatic amines is 1. The number of nitrogens with zero attached hydrogens (tertiary/aromatic N) is 3. The zero-order valence-electron chi connectivity index (χ0n) is 15.8. The van der Waals surface area contributed by atoms with Crippen LogP contribution >= 0.6 is 15.9 Å². The van der Waals surface area contributed by atoms with Gasteiger partial charge in [-0.1, -0.05) is 52.3 Å². The minimum atomic E-state index is -0.347. The molecular formula is C23H17BrN4O2. The first-order valence-electron chi connectivity index (χ1n) is 9.52. The van der Waals surface area contributed by atoms with Gasteiger partial charge in [-0.3, -0.25) is 4.79 Å². The number of aromatic nitrogens is 2. The highest BCUT2D eigenvalue weighted by Crippen LogP contribution is 2.37. The Morgan fingerprint density at radius 3 is 2.33 bits per heavy atom. The Hall–Kier alpha value is -3.45. The van der Waals surface area contributed by atoms with E-state index in [1.165, 1.54) is 0 Å². The molecule has 148 valence electrons. The highest BCUT2D eigenvalue weighted by atomic mass is 79.9. The molecule has 0 atom stereocenters. The second kappa shape index (κ2) is 7.42. The van der Waals surface area contributed by atoms with Gasteiger partial charge >= 0.3 is 0 Å². The molecule has 0 radical (unpaired) electrons. The topological polar surface area (TPSA) is 82.7 Å². The Labute approximate surface area is 180 Å². The molecule has 6 nitrogen and oxygen atoms in total. The maximum atomic E-state index is 12.4. The Balaban J connectivity index is 1.41. The number of halogens is 1. The largest absolute Gasteiger partial charge is 0.493 e. The lowest BCUT2D eigenvalue weighted by Gasteiger charge is -2.05. The second-order valence-electron chi connectivity index (χ2n) is 7.04. The van der Waals surface area contributed by atoms with E-state index in [0.717, 1.165) is 31.8 Å². The monoisotopic (exact) mass is 460 g/mol. The van der Waals surface area contributed by atoms with Gasteiger partial charge in [-0.05, 0) is 30.3 Å². The predicted molar refractivity (Wildman–Crippen MR) is 121 cm³/mol. The summed E-state index contributed by atoms with van der Waals surface area (Å²) in [6.07, 6.45) is 0.207. The third kappa shape index (κ3) is 3.17. The van der Waals surface area contributed by atoms with Gasteiger partial charge in [0.1, 0.15) is 0 Å². The van der Waals surface area contributed by atoms with Crippen LogP contribution in [-0.2, 0) is 11.3 Å². The number of para-hydroxylation sites is 2. The molecule has 2 heterocycles. The van der Waals surface area contributed by atoms with E-state index in [1.807, 2.05) is 42.5 Å². The minimum absolute atomic E-state index is 0.109. The molecule has 2 aromatic heterocycles. The molecular weight excluding hydrogens is 444 g/mol. The van der Waals surface area contributed by atoms with E-state index in [2.05, 4.69) is 60.0 Å². The van der Waals surface area contributed by atoms with Gasteiger partial charge < -0.3 is 14.7 Å². The van der Waals surface area contributed by atoms with Crippen LogP contribution in [0, 0.1) is 0 Å². The molecule has 0 fully saturated rings. The quantitative estimate of drug-likeness (QED) is 0.302. The van der Waals surface area contributed by atoms with Crippen LogP contribution in [0.4, 0.5) is 5.69 Å². The Morgan fingerprint density at radius 2 is 1.63 bits per heavy atom. The van der Waals surface area contributed by atoms with Crippen molar-refractivity contribution in [3.05, 3.63) is 71.2 Å². The van der Waals surface area contributed by atoms with E-state index in [9.17, 15) is 9.90 Å². The summed E-state index contributed by atoms with van der Waals surface area (Å²) in [6, 6.07) is 21.8. The average Bonchev–Trinajstić information content (AvgIpc) is 3.24. The molecule has 1 amide bonds. The molecule has 7 heteroatoms. The molecule has 5 rings (SSSR count). The van der Waals surface area contributed by atoms with Crippen molar-refractivity contribution >= 4 is 60.2 Å². The summed E-state index contributed by atoms with van der Waals surface area (Å²) >= 11 is 3.40. The summed E-state index contributed by atoms with van der Waals surface area (Å²) in [5.74, 6) is -0.456. The number of aryl methyl sites for hydroxylation is 1. The van der Waals surface area contributed by atoms with Gasteiger partial charge in [0, 0.05) is 44.6 Å². The normalized spacial score (nSPS) is 11.9. The lowest BCUT2D eigenvalue weighted by Crippen LogP contribution is -2.03. The second-order valence-corrected chi connectivity index (χ2v) is 7.96. The van der Waals surface area contributed by atoms with Gasteiger partial charge in [0.2, 0.25) is 5.88 Å². The van der Waals surface area contributed by atoms with Crippen molar-refractivity contribution in [3.63, 3.8) is 0 Å². The van der Waals surface area contributed by atoms with Crippen LogP contribution in [0.15, 0.2) is 81.4 Å². The Bertz CT molecular complexity index is 1390. The highest BCUT2D eigenvalue weighted by molar-refractivity contribution is 9.10. The third-order valence-electron chi connectivity index (χ3n) is 5.20. The summed E-state index contributed by atoms with van der Waals surface area (Å²) in [7, 11) is 0. The van der Waals surface area contributed by atoms with Crippen LogP contribution < -0.4 is 0 Å². The van der Waals surface area contributed by atoms with Crippen molar-refractivity contribution in [3.8, 4) is 5.88 Å². The van der Waals surface area contributed by atoms with Crippen LogP contribution in [0.1, 0.15) is 6.42 Å². The van der Waals surface area contributed by atoms with Crippen molar-refractivity contribution < 1.29 is 9.90 Å². The number of carbonyl (C=O) groups is 1. The lowest BCUT2D eigenvalue weighted by molar-refractivity contribution is -0.118. The van der Waals surface area contributed by atoms with Crippen LogP contribution in [0.2, 0.25) is 0 Å². The van der Waals surface area contributed by atoms with Gasteiger partial charge in [-0.2, -0.15) is 0 Å². The molecule has 0 spiro atoms. The molecule has 0 saturated carbocycles. The molecule has 3 aromatic carbocycles. The number of hydrogen-bond donors (Lipinski definition) is 2. The molecule has 5 aromatic rings. The van der Waals surface area contributed by atoms with E-state index in [1.54, 1.807) is 0 Å². The number of hydrogen-bond acceptors (Lipinski definition) is 3. The number of rotatable bonds is 4. The number of carbonyl (C=O) groups excluding carboxylic acids is 1. The predicted octanol–water partition coefficient (Wildman–Crippen LogP) is 6.44. The minimum Gasteiger partial charge on any atom is -0.493 e. The SMILES string of the molecule is O=C(CCn1c2ccccc2c2ccccc21)N=Nc1c(O)[nH]c2ccc(Br)cc12. The van der Waals surface area contributed by atoms with Crippen LogP contribution in [0.25, 0.3) is 32.7 Å². The molecule has 30 heavy (non-hydrogen) atoms. The highest BCUT2D eigenvalue weighted by Gasteiger charge is 2.13. The maximum Gasteiger partial charge on any atom is 0.266 e. The van der Waals surface area contributed by atoms with Gasteiger partial charge in [0.25, 0.3) is 5.91 Å². The summed E-state index contributed by atoms with van der Waals surface area (Å²) < 4.78 is 2.99. The molecule has 0 bridgehead atoms. The number of benzene rings is 3. The molecule has 0 aliphatic carbocycles. The zero-order valence-corrected chi connectivity index (χ0v) is 17.4. The van der Waals surface area contributed by atoms with Gasteiger partial charge in [-0.25, -0.2) is 0 Å². The summed E-state index contributed by atoms with van der Waals surface area (Å²) in [5.41, 5.74) is 3.16. The molecule has 0 unspecified atom stereocenters. The summed E-state index contributed by atoms with van der Waals surface area (Å²) in [5, 5.41) is 21.0. The molecule has 0 aliphatic heterocycles. The fourth-order valence-electron chi connectivity index (χ4n) is 3.84. The third-order valence-corrected chi connectivity index (χ3v) is 5.70. The van der Waals surface area contributed by atoms with Crippen LogP contribution in [0.5, 0.6) is 5.88 Å².